The molecule has 5 N–H and O–H groups in total. The highest BCUT2D eigenvalue weighted by Crippen LogP contribution is 2.04. The number of carboxylic acid groups (broad SMARTS) is 1. The second-order valence-corrected chi connectivity index (χ2v) is 3.70. The van der Waals surface area contributed by atoms with Crippen LogP contribution in [0, 0.1) is 6.92 Å². The third-order valence-corrected chi connectivity index (χ3v) is 2.05. The molecule has 0 saturated carbocycles. The molecule has 0 bridgehead atoms. The van der Waals surface area contributed by atoms with E-state index in [-0.39, 0.29) is 11.1 Å². The predicted molar refractivity (Wildman–Crippen MR) is 70.2 cm³/mol. The molecule has 100 valence electrons. The van der Waals surface area contributed by atoms with Gasteiger partial charge in [-0.3, -0.25) is 9.78 Å². The van der Waals surface area contributed by atoms with Gasteiger partial charge in [-0.15, -0.1) is 0 Å². The van der Waals surface area contributed by atoms with E-state index in [0.29, 0.717) is 11.4 Å². The van der Waals surface area contributed by atoms with Gasteiger partial charge in [0.05, 0.1) is 5.56 Å². The van der Waals surface area contributed by atoms with E-state index < -0.39 is 11.7 Å². The van der Waals surface area contributed by atoms with Crippen LogP contribution in [0.3, 0.4) is 0 Å². The first-order valence-electron chi connectivity index (χ1n) is 5.27. The molecule has 0 atom stereocenters. The molecule has 0 unspecified atom stereocenters. The Labute approximate surface area is 107 Å². The fourth-order valence-corrected chi connectivity index (χ4v) is 1.22. The minimum Gasteiger partial charge on any atom is -0.478 e. The molecular weight excluding hydrogens is 250 g/mol. The lowest BCUT2D eigenvalue weighted by Gasteiger charge is -1.93. The van der Waals surface area contributed by atoms with Gasteiger partial charge < -0.3 is 15.8 Å². The van der Waals surface area contributed by atoms with Crippen LogP contribution < -0.4 is 17.0 Å². The van der Waals surface area contributed by atoms with Gasteiger partial charge in [-0.05, 0) is 31.2 Å². The minimum atomic E-state index is -0.931. The molecule has 1 aromatic heterocycles. The summed E-state index contributed by atoms with van der Waals surface area (Å²) in [6.45, 7) is 1.65. The van der Waals surface area contributed by atoms with Gasteiger partial charge in [-0.2, -0.15) is 0 Å². The van der Waals surface area contributed by atoms with Crippen LogP contribution in [0.4, 0.5) is 5.69 Å². The van der Waals surface area contributed by atoms with Crippen molar-refractivity contribution in [1.29, 1.82) is 0 Å². The number of carboxylic acids is 1. The average molecular weight is 263 g/mol. The lowest BCUT2D eigenvalue weighted by molar-refractivity contribution is 0.0697. The molecular formula is C12H13N3O4. The summed E-state index contributed by atoms with van der Waals surface area (Å²) in [5.41, 5.74) is 5.92. The van der Waals surface area contributed by atoms with Crippen LogP contribution in [0.25, 0.3) is 0 Å². The number of hydrogen-bond acceptors (Lipinski definition) is 4. The van der Waals surface area contributed by atoms with E-state index in [1.807, 2.05) is 4.98 Å². The Morgan fingerprint density at radius 2 is 1.74 bits per heavy atom. The van der Waals surface area contributed by atoms with Gasteiger partial charge in [-0.1, -0.05) is 0 Å². The van der Waals surface area contributed by atoms with Crippen LogP contribution in [0.2, 0.25) is 0 Å². The number of anilines is 1. The average Bonchev–Trinajstić information content (AvgIpc) is 2.28. The predicted octanol–water partition coefficient (Wildman–Crippen LogP) is 0.339. The monoisotopic (exact) mass is 263 g/mol. The Hall–Kier alpha value is -2.83. The van der Waals surface area contributed by atoms with Gasteiger partial charge >= 0.3 is 11.7 Å². The zero-order valence-electron chi connectivity index (χ0n) is 10.1. The summed E-state index contributed by atoms with van der Waals surface area (Å²) >= 11 is 0. The van der Waals surface area contributed by atoms with Crippen LogP contribution in [-0.4, -0.2) is 21.0 Å². The molecule has 0 radical (unpaired) electrons. The number of hydrogen-bond donors (Lipinski definition) is 4. The number of aromatic amines is 2. The maximum atomic E-state index is 10.4. The van der Waals surface area contributed by atoms with Crippen molar-refractivity contribution in [3.05, 3.63) is 62.4 Å². The minimum absolute atomic E-state index is 0.259. The zero-order chi connectivity index (χ0) is 14.4. The van der Waals surface area contributed by atoms with Crippen LogP contribution in [0.15, 0.2) is 39.9 Å². The highest BCUT2D eigenvalue weighted by atomic mass is 16.4. The van der Waals surface area contributed by atoms with E-state index in [1.54, 1.807) is 19.1 Å². The SMILES string of the molecule is Cc1cc(=O)[nH]c(=O)[nH]1.Nc1ccc(C(=O)O)cc1. The number of rotatable bonds is 1. The van der Waals surface area contributed by atoms with E-state index in [0.717, 1.165) is 0 Å². The Bertz CT molecular complexity index is 642. The maximum Gasteiger partial charge on any atom is 0.335 e. The van der Waals surface area contributed by atoms with E-state index in [9.17, 15) is 14.4 Å². The fourth-order valence-electron chi connectivity index (χ4n) is 1.22. The molecule has 7 nitrogen and oxygen atoms in total. The number of H-pyrrole nitrogens is 2. The second kappa shape index (κ2) is 6.20. The van der Waals surface area contributed by atoms with Crippen molar-refractivity contribution in [2.45, 2.75) is 6.92 Å². The first-order valence-corrected chi connectivity index (χ1v) is 5.27. The van der Waals surface area contributed by atoms with Gasteiger partial charge in [-0.25, -0.2) is 9.59 Å². The number of carbonyl (C=O) groups is 1. The highest BCUT2D eigenvalue weighted by Gasteiger charge is 1.98. The Morgan fingerprint density at radius 3 is 2.16 bits per heavy atom. The molecule has 0 aliphatic carbocycles. The van der Waals surface area contributed by atoms with Crippen LogP contribution >= 0.6 is 0 Å². The molecule has 0 fully saturated rings. The zero-order valence-corrected chi connectivity index (χ0v) is 10.1. The first-order chi connectivity index (χ1) is 8.88. The Morgan fingerprint density at radius 1 is 1.16 bits per heavy atom. The molecule has 1 heterocycles. The molecule has 7 heteroatoms. The van der Waals surface area contributed by atoms with E-state index >= 15 is 0 Å². The second-order valence-electron chi connectivity index (χ2n) is 3.70. The number of aromatic nitrogens is 2. The molecule has 2 aromatic rings. The third-order valence-electron chi connectivity index (χ3n) is 2.05. The van der Waals surface area contributed by atoms with Crippen molar-refractivity contribution in [2.24, 2.45) is 0 Å². The summed E-state index contributed by atoms with van der Waals surface area (Å²) < 4.78 is 0. The summed E-state index contributed by atoms with van der Waals surface area (Å²) in [4.78, 5) is 35.6. The Balaban J connectivity index is 0.000000191. The van der Waals surface area contributed by atoms with Gasteiger partial charge in [0.25, 0.3) is 5.56 Å². The topological polar surface area (TPSA) is 129 Å². The summed E-state index contributed by atoms with van der Waals surface area (Å²) in [5, 5.41) is 8.43. The quantitative estimate of drug-likeness (QED) is 0.551. The molecule has 1 aromatic carbocycles. The number of nitrogens with one attached hydrogen (secondary N) is 2. The third kappa shape index (κ3) is 4.90. The lowest BCUT2D eigenvalue weighted by Crippen LogP contribution is -2.21. The van der Waals surface area contributed by atoms with Crippen LogP contribution in [-0.2, 0) is 0 Å². The number of aryl methyl sites for hydroxylation is 1. The fraction of sp³-hybridized carbons (Fsp3) is 0.0833. The molecule has 0 amide bonds. The van der Waals surface area contributed by atoms with Gasteiger partial charge in [0.15, 0.2) is 0 Å². The number of nitrogen functional groups attached to an aromatic ring is 1. The molecule has 0 spiro atoms. The van der Waals surface area contributed by atoms with Crippen molar-refractivity contribution < 1.29 is 9.90 Å². The van der Waals surface area contributed by atoms with E-state index in [1.165, 1.54) is 18.2 Å². The summed E-state index contributed by atoms with van der Waals surface area (Å²) in [5.74, 6) is -0.931. The first kappa shape index (κ1) is 14.2. The van der Waals surface area contributed by atoms with Crippen molar-refractivity contribution in [3.8, 4) is 0 Å². The molecule has 0 aliphatic rings. The van der Waals surface area contributed by atoms with E-state index in [4.69, 9.17) is 10.8 Å². The molecule has 2 rings (SSSR count). The lowest BCUT2D eigenvalue weighted by atomic mass is 10.2. The number of nitrogens with two attached hydrogens (primary N) is 1. The van der Waals surface area contributed by atoms with Gasteiger partial charge in [0.1, 0.15) is 0 Å². The van der Waals surface area contributed by atoms with Crippen LogP contribution in [0.5, 0.6) is 0 Å². The van der Waals surface area contributed by atoms with Crippen molar-refractivity contribution in [3.63, 3.8) is 0 Å². The summed E-state index contributed by atoms with van der Waals surface area (Å²) in [7, 11) is 0. The Kier molecular flexibility index (Phi) is 4.64. The summed E-state index contributed by atoms with van der Waals surface area (Å²) in [6, 6.07) is 7.38. The van der Waals surface area contributed by atoms with E-state index in [2.05, 4.69) is 4.98 Å². The van der Waals surface area contributed by atoms with Crippen molar-refractivity contribution in [2.75, 3.05) is 5.73 Å². The smallest absolute Gasteiger partial charge is 0.335 e. The molecule has 0 aliphatic heterocycles. The van der Waals surface area contributed by atoms with Gasteiger partial charge in [0.2, 0.25) is 0 Å². The number of benzene rings is 1. The molecule has 19 heavy (non-hydrogen) atoms. The molecule has 0 saturated heterocycles. The maximum absolute atomic E-state index is 10.4. The van der Waals surface area contributed by atoms with Crippen molar-refractivity contribution in [1.82, 2.24) is 9.97 Å². The summed E-state index contributed by atoms with van der Waals surface area (Å²) in [6.07, 6.45) is 0. The van der Waals surface area contributed by atoms with Gasteiger partial charge in [0, 0.05) is 17.4 Å². The largest absolute Gasteiger partial charge is 0.478 e. The normalized spacial score (nSPS) is 9.32. The standard InChI is InChI=1S/C7H7NO2.C5H6N2O2/c8-6-3-1-5(2-4-6)7(9)10;1-3-2-4(8)7-5(9)6-3/h1-4H,8H2,(H,9,10);2H,1H3,(H2,6,7,8,9). The van der Waals surface area contributed by atoms with Crippen molar-refractivity contribution >= 4 is 11.7 Å². The highest BCUT2D eigenvalue weighted by molar-refractivity contribution is 5.87. The number of aromatic carboxylic acids is 1. The van der Waals surface area contributed by atoms with Crippen LogP contribution in [0.1, 0.15) is 16.1 Å².